The Kier molecular flexibility index (Phi) is 6.36. The zero-order valence-corrected chi connectivity index (χ0v) is 16.0. The largest absolute Gasteiger partial charge is 0.423 e. The Bertz CT molecular complexity index is 1000. The van der Waals surface area contributed by atoms with E-state index in [-0.39, 0.29) is 24.2 Å². The van der Waals surface area contributed by atoms with Crippen LogP contribution in [0.15, 0.2) is 47.0 Å². The number of hydrogen-bond acceptors (Lipinski definition) is 6. The van der Waals surface area contributed by atoms with Crippen LogP contribution in [0.25, 0.3) is 11.3 Å². The van der Waals surface area contributed by atoms with Gasteiger partial charge in [0.25, 0.3) is 11.9 Å². The summed E-state index contributed by atoms with van der Waals surface area (Å²) in [6.07, 6.45) is -2.52. The number of pyridine rings is 1. The van der Waals surface area contributed by atoms with Gasteiger partial charge in [0.15, 0.2) is 5.76 Å². The molecule has 0 aliphatic rings. The minimum absolute atomic E-state index is 0.0133. The number of aliphatic hydroxyl groups excluding tert-OH is 1. The molecule has 7 nitrogen and oxygen atoms in total. The molecule has 2 heterocycles. The maximum absolute atomic E-state index is 12.7. The van der Waals surface area contributed by atoms with Gasteiger partial charge in [-0.3, -0.25) is 4.79 Å². The Hall–Kier alpha value is -3.40. The predicted molar refractivity (Wildman–Crippen MR) is 103 cm³/mol. The maximum atomic E-state index is 12.7. The Morgan fingerprint density at radius 2 is 1.90 bits per heavy atom. The fraction of sp³-hybridized carbons (Fsp3) is 0.250. The van der Waals surface area contributed by atoms with Crippen LogP contribution < -0.4 is 10.6 Å². The first-order valence-corrected chi connectivity index (χ1v) is 9.05. The van der Waals surface area contributed by atoms with Gasteiger partial charge in [-0.25, -0.2) is 4.98 Å². The molecule has 3 aromatic rings. The molecule has 0 saturated carbocycles. The molecule has 158 valence electrons. The second kappa shape index (κ2) is 8.95. The van der Waals surface area contributed by atoms with Crippen LogP contribution >= 0.6 is 0 Å². The van der Waals surface area contributed by atoms with Crippen LogP contribution in [0.4, 0.5) is 24.9 Å². The normalized spacial score (nSPS) is 11.4. The molecule has 1 aromatic carbocycles. The summed E-state index contributed by atoms with van der Waals surface area (Å²) in [4.78, 5) is 20.2. The van der Waals surface area contributed by atoms with E-state index in [0.29, 0.717) is 35.7 Å². The fourth-order valence-corrected chi connectivity index (χ4v) is 2.63. The molecule has 3 rings (SSSR count). The number of halogens is 3. The van der Waals surface area contributed by atoms with Gasteiger partial charge in [-0.2, -0.15) is 18.2 Å². The summed E-state index contributed by atoms with van der Waals surface area (Å²) in [5, 5.41) is 14.3. The average molecular weight is 420 g/mol. The van der Waals surface area contributed by atoms with Gasteiger partial charge >= 0.3 is 6.18 Å². The average Bonchev–Trinajstić information content (AvgIpc) is 3.08. The monoisotopic (exact) mass is 420 g/mol. The number of carbonyl (C=O) groups excluding carboxylic acids is 1. The number of nitrogens with one attached hydrogen (secondary N) is 2. The summed E-state index contributed by atoms with van der Waals surface area (Å²) in [6.45, 7) is 2.01. The van der Waals surface area contributed by atoms with E-state index in [0.717, 1.165) is 12.1 Å². The Labute approximate surface area is 170 Å². The zero-order valence-electron chi connectivity index (χ0n) is 16.0. The van der Waals surface area contributed by atoms with E-state index in [2.05, 4.69) is 20.6 Å². The first-order chi connectivity index (χ1) is 14.3. The number of nitrogens with zero attached hydrogens (tertiary/aromatic N) is 2. The van der Waals surface area contributed by atoms with E-state index >= 15 is 0 Å². The quantitative estimate of drug-likeness (QED) is 0.501. The third-order valence-corrected chi connectivity index (χ3v) is 4.14. The lowest BCUT2D eigenvalue weighted by molar-refractivity contribution is -0.137. The van der Waals surface area contributed by atoms with Gasteiger partial charge in [-0.15, -0.1) is 0 Å². The maximum Gasteiger partial charge on any atom is 0.416 e. The van der Waals surface area contributed by atoms with E-state index in [1.54, 1.807) is 13.0 Å². The summed E-state index contributed by atoms with van der Waals surface area (Å²) in [5.41, 5.74) is 0.960. The predicted octanol–water partition coefficient (Wildman–Crippen LogP) is 3.92. The van der Waals surface area contributed by atoms with Crippen LogP contribution in [0.1, 0.15) is 28.2 Å². The molecule has 0 spiro atoms. The van der Waals surface area contributed by atoms with E-state index in [9.17, 15) is 18.0 Å². The van der Waals surface area contributed by atoms with Crippen molar-refractivity contribution in [2.75, 3.05) is 18.5 Å². The number of alkyl halides is 3. The number of hydrogen-bond donors (Lipinski definition) is 3. The van der Waals surface area contributed by atoms with Crippen LogP contribution in [0.3, 0.4) is 0 Å². The zero-order chi connectivity index (χ0) is 21.7. The fourth-order valence-electron chi connectivity index (χ4n) is 2.63. The van der Waals surface area contributed by atoms with E-state index in [4.69, 9.17) is 9.52 Å². The van der Waals surface area contributed by atoms with Crippen LogP contribution in [-0.4, -0.2) is 34.1 Å². The number of aryl methyl sites for hydroxylation is 1. The molecule has 0 radical (unpaired) electrons. The van der Waals surface area contributed by atoms with Crippen molar-refractivity contribution in [3.05, 3.63) is 59.5 Å². The highest BCUT2D eigenvalue weighted by Crippen LogP contribution is 2.33. The number of aromatic nitrogens is 2. The molecule has 3 N–H and O–H groups in total. The number of oxazole rings is 1. The molecule has 30 heavy (non-hydrogen) atoms. The van der Waals surface area contributed by atoms with Gasteiger partial charge in [0.1, 0.15) is 5.69 Å². The molecule has 1 amide bonds. The number of aliphatic hydroxyl groups is 1. The van der Waals surface area contributed by atoms with Crippen molar-refractivity contribution in [2.24, 2.45) is 0 Å². The highest BCUT2D eigenvalue weighted by molar-refractivity contribution is 5.92. The summed E-state index contributed by atoms with van der Waals surface area (Å²) in [6, 6.07) is 7.90. The van der Waals surface area contributed by atoms with E-state index in [1.807, 2.05) is 0 Å². The van der Waals surface area contributed by atoms with Gasteiger partial charge < -0.3 is 20.2 Å². The van der Waals surface area contributed by atoms with Crippen LogP contribution in [-0.2, 0) is 6.18 Å². The number of anilines is 2. The second-order valence-electron chi connectivity index (χ2n) is 6.40. The summed E-state index contributed by atoms with van der Waals surface area (Å²) in [7, 11) is 0. The first kappa shape index (κ1) is 21.3. The highest BCUT2D eigenvalue weighted by atomic mass is 19.4. The van der Waals surface area contributed by atoms with Crippen molar-refractivity contribution >= 4 is 17.6 Å². The van der Waals surface area contributed by atoms with Crippen molar-refractivity contribution in [2.45, 2.75) is 19.5 Å². The second-order valence-corrected chi connectivity index (χ2v) is 6.40. The Morgan fingerprint density at radius 1 is 1.17 bits per heavy atom. The minimum Gasteiger partial charge on any atom is -0.423 e. The Balaban J connectivity index is 1.69. The van der Waals surface area contributed by atoms with Crippen molar-refractivity contribution in [1.29, 1.82) is 0 Å². The molecule has 0 saturated heterocycles. The van der Waals surface area contributed by atoms with Crippen LogP contribution in [0.2, 0.25) is 0 Å². The van der Waals surface area contributed by atoms with Crippen molar-refractivity contribution < 1.29 is 27.5 Å². The smallest absolute Gasteiger partial charge is 0.416 e. The molecule has 10 heteroatoms. The molecular weight excluding hydrogens is 401 g/mol. The lowest BCUT2D eigenvalue weighted by Crippen LogP contribution is -2.25. The van der Waals surface area contributed by atoms with Gasteiger partial charge in [0.05, 0.1) is 23.1 Å². The number of rotatable bonds is 7. The molecule has 0 fully saturated rings. The molecule has 0 unspecified atom stereocenters. The lowest BCUT2D eigenvalue weighted by atomic mass is 10.1. The van der Waals surface area contributed by atoms with Gasteiger partial charge in [0, 0.05) is 18.7 Å². The molecule has 0 aliphatic carbocycles. The lowest BCUT2D eigenvalue weighted by Gasteiger charge is -2.06. The minimum atomic E-state index is -4.41. The van der Waals surface area contributed by atoms with Gasteiger partial charge in [-0.05, 0) is 37.6 Å². The molecule has 2 aromatic heterocycles. The summed E-state index contributed by atoms with van der Waals surface area (Å²) in [5.74, 6) is -0.00868. The molecular formula is C20H19F3N4O3. The Morgan fingerprint density at radius 3 is 2.50 bits per heavy atom. The van der Waals surface area contributed by atoms with E-state index < -0.39 is 11.7 Å². The third-order valence-electron chi connectivity index (χ3n) is 4.14. The number of benzene rings is 1. The van der Waals surface area contributed by atoms with Crippen molar-refractivity contribution in [1.82, 2.24) is 15.3 Å². The van der Waals surface area contributed by atoms with Gasteiger partial charge in [-0.1, -0.05) is 12.1 Å². The summed E-state index contributed by atoms with van der Waals surface area (Å²) >= 11 is 0. The van der Waals surface area contributed by atoms with Crippen LogP contribution in [0, 0.1) is 6.92 Å². The standard InChI is InChI=1S/C20H19F3N4O3/c1-12-17(13-3-5-14(6-4-13)20(21,22)23)30-19(26-12)27-15-7-8-16(25-11-15)18(29)24-9-2-10-28/h3-8,11,28H,2,9-10H2,1H3,(H,24,29)(H,26,27). The van der Waals surface area contributed by atoms with Crippen LogP contribution in [0.5, 0.6) is 0 Å². The number of amides is 1. The summed E-state index contributed by atoms with van der Waals surface area (Å²) < 4.78 is 43.8. The van der Waals surface area contributed by atoms with Gasteiger partial charge in [0.2, 0.25) is 0 Å². The van der Waals surface area contributed by atoms with Crippen molar-refractivity contribution in [3.8, 4) is 11.3 Å². The number of carbonyl (C=O) groups is 1. The van der Waals surface area contributed by atoms with Crippen molar-refractivity contribution in [3.63, 3.8) is 0 Å². The molecule has 0 bridgehead atoms. The SMILES string of the molecule is Cc1nc(Nc2ccc(C(=O)NCCCO)nc2)oc1-c1ccc(C(F)(F)F)cc1. The highest BCUT2D eigenvalue weighted by Gasteiger charge is 2.30. The third kappa shape index (κ3) is 5.15. The van der Waals surface area contributed by atoms with E-state index in [1.165, 1.54) is 24.4 Å². The first-order valence-electron chi connectivity index (χ1n) is 9.05. The topological polar surface area (TPSA) is 100 Å². The molecule has 0 atom stereocenters. The molecule has 0 aliphatic heterocycles.